The number of nitrogens with zero attached hydrogens (tertiary/aromatic N) is 6. The van der Waals surface area contributed by atoms with Crippen molar-refractivity contribution in [3.63, 3.8) is 0 Å². The zero-order valence-electron chi connectivity index (χ0n) is 24.8. The standard InChI is InChI=1S/C19H17N4.C17H15N2.Ir/c1-13-6-4-7-14(2)17(13)23-11-10-20-19(23)15-8-5-9-16-18(15)22(3)12-21-16;1-13-7-6-8-14(2)16(13)19-12-11-18-17(19)15-9-4-3-5-10-15;/h4-7,9-12H,1-3H3;3-9,11-12H,1-2H3;/q2*-1;. The summed E-state index contributed by atoms with van der Waals surface area (Å²) in [6.07, 6.45) is 9.51. The number of para-hydroxylation sites is 2. The molecule has 0 fully saturated rings. The first-order valence-electron chi connectivity index (χ1n) is 13.9. The Hall–Kier alpha value is -4.58. The molecule has 0 bridgehead atoms. The number of aromatic nitrogens is 6. The van der Waals surface area contributed by atoms with Crippen LogP contribution in [0.25, 0.3) is 45.2 Å². The van der Waals surface area contributed by atoms with Gasteiger partial charge in [0.05, 0.1) is 18.0 Å². The molecule has 6 nitrogen and oxygen atoms in total. The third-order valence-corrected chi connectivity index (χ3v) is 7.49. The zero-order chi connectivity index (χ0) is 29.2. The number of imidazole rings is 3. The maximum Gasteiger partial charge on any atom is 0.0852 e. The first kappa shape index (κ1) is 29.9. The van der Waals surface area contributed by atoms with Crippen molar-refractivity contribution in [1.29, 1.82) is 0 Å². The van der Waals surface area contributed by atoms with E-state index >= 15 is 0 Å². The van der Waals surface area contributed by atoms with Gasteiger partial charge in [0.25, 0.3) is 0 Å². The molecule has 0 N–H and O–H groups in total. The Labute approximate surface area is 266 Å². The molecule has 0 spiro atoms. The molecule has 7 rings (SSSR count). The topological polar surface area (TPSA) is 53.5 Å². The zero-order valence-corrected chi connectivity index (χ0v) is 27.2. The maximum atomic E-state index is 4.61. The molecule has 7 aromatic rings. The maximum absolute atomic E-state index is 4.61. The first-order chi connectivity index (χ1) is 20.4. The van der Waals surface area contributed by atoms with Crippen LogP contribution >= 0.6 is 0 Å². The van der Waals surface area contributed by atoms with Crippen LogP contribution in [0.3, 0.4) is 0 Å². The van der Waals surface area contributed by atoms with Crippen LogP contribution in [0.5, 0.6) is 0 Å². The van der Waals surface area contributed by atoms with E-state index in [1.54, 1.807) is 0 Å². The van der Waals surface area contributed by atoms with Crippen molar-refractivity contribution in [3.05, 3.63) is 138 Å². The molecule has 0 atom stereocenters. The van der Waals surface area contributed by atoms with Crippen molar-refractivity contribution in [2.75, 3.05) is 0 Å². The monoisotopic (exact) mass is 741 g/mol. The summed E-state index contributed by atoms with van der Waals surface area (Å²) in [6, 6.07) is 31.1. The second-order valence-corrected chi connectivity index (χ2v) is 10.4. The number of fused-ring (bicyclic) bond motifs is 1. The van der Waals surface area contributed by atoms with Gasteiger partial charge in [0, 0.05) is 68.8 Å². The summed E-state index contributed by atoms with van der Waals surface area (Å²) in [5.74, 6) is 1.81. The van der Waals surface area contributed by atoms with E-state index in [0.717, 1.165) is 33.8 Å². The van der Waals surface area contributed by atoms with E-state index in [2.05, 4.69) is 100 Å². The summed E-state index contributed by atoms with van der Waals surface area (Å²) in [4.78, 5) is 13.5. The van der Waals surface area contributed by atoms with E-state index in [9.17, 15) is 0 Å². The van der Waals surface area contributed by atoms with Gasteiger partial charge in [0.1, 0.15) is 0 Å². The molecule has 3 aromatic heterocycles. The molecule has 0 aliphatic carbocycles. The van der Waals surface area contributed by atoms with Crippen molar-refractivity contribution in [2.24, 2.45) is 7.05 Å². The quantitative estimate of drug-likeness (QED) is 0.173. The van der Waals surface area contributed by atoms with Crippen LogP contribution in [-0.4, -0.2) is 28.7 Å². The molecular weight excluding hydrogens is 709 g/mol. The summed E-state index contributed by atoms with van der Waals surface area (Å²) >= 11 is 0. The SMILES string of the molecule is Cc1cccc(C)c1-n1ccnc1-c1[c-]ccc2ncn(C)c12.Cc1cccc(C)c1-n1ccnc1-c1[c-]cccc1.[Ir]. The van der Waals surface area contributed by atoms with Crippen molar-refractivity contribution in [3.8, 4) is 34.2 Å². The van der Waals surface area contributed by atoms with Gasteiger partial charge in [-0.25, -0.2) is 0 Å². The largest absolute Gasteiger partial charge is 0.374 e. The Morgan fingerprint density at radius 2 is 1.19 bits per heavy atom. The Bertz CT molecular complexity index is 1960. The van der Waals surface area contributed by atoms with E-state index in [4.69, 9.17) is 0 Å². The number of benzene rings is 4. The fraction of sp³-hybridized carbons (Fsp3) is 0.139. The number of rotatable bonds is 4. The van der Waals surface area contributed by atoms with Crippen molar-refractivity contribution >= 4 is 11.0 Å². The van der Waals surface area contributed by atoms with Crippen molar-refractivity contribution in [2.45, 2.75) is 27.7 Å². The number of hydrogen-bond donors (Lipinski definition) is 0. The Balaban J connectivity index is 0.000000170. The number of hydrogen-bond acceptors (Lipinski definition) is 3. The second kappa shape index (κ2) is 12.7. The van der Waals surface area contributed by atoms with Crippen molar-refractivity contribution in [1.82, 2.24) is 28.7 Å². The van der Waals surface area contributed by atoms with E-state index < -0.39 is 0 Å². The molecule has 0 saturated heterocycles. The molecule has 0 unspecified atom stereocenters. The fourth-order valence-electron chi connectivity index (χ4n) is 5.57. The molecule has 0 amide bonds. The minimum atomic E-state index is 0. The van der Waals surface area contributed by atoms with E-state index in [1.165, 1.54) is 33.6 Å². The Morgan fingerprint density at radius 1 is 0.605 bits per heavy atom. The average molecular weight is 741 g/mol. The van der Waals surface area contributed by atoms with Crippen LogP contribution in [0.2, 0.25) is 0 Å². The molecule has 7 heteroatoms. The predicted molar refractivity (Wildman–Crippen MR) is 169 cm³/mol. The van der Waals surface area contributed by atoms with Crippen LogP contribution in [0.4, 0.5) is 0 Å². The molecule has 1 radical (unpaired) electrons. The van der Waals surface area contributed by atoms with Gasteiger partial charge in [-0.1, -0.05) is 42.0 Å². The molecule has 43 heavy (non-hydrogen) atoms. The summed E-state index contributed by atoms with van der Waals surface area (Å²) in [5, 5.41) is 0. The molecule has 217 valence electrons. The van der Waals surface area contributed by atoms with Gasteiger partial charge in [-0.2, -0.15) is 0 Å². The van der Waals surface area contributed by atoms with Gasteiger partial charge in [-0.15, -0.1) is 54.1 Å². The van der Waals surface area contributed by atoms with Gasteiger partial charge >= 0.3 is 0 Å². The van der Waals surface area contributed by atoms with Gasteiger partial charge in [0.15, 0.2) is 0 Å². The Morgan fingerprint density at radius 3 is 1.77 bits per heavy atom. The summed E-state index contributed by atoms with van der Waals surface area (Å²) in [7, 11) is 2.00. The molecule has 0 aliphatic rings. The summed E-state index contributed by atoms with van der Waals surface area (Å²) in [6.45, 7) is 8.50. The molecule has 0 saturated carbocycles. The second-order valence-electron chi connectivity index (χ2n) is 10.4. The minimum Gasteiger partial charge on any atom is -0.374 e. The summed E-state index contributed by atoms with van der Waals surface area (Å²) < 4.78 is 6.30. The average Bonchev–Trinajstić information content (AvgIpc) is 3.75. The molecular formula is C36H32IrN6-2. The van der Waals surface area contributed by atoms with Crippen LogP contribution in [-0.2, 0) is 27.2 Å². The van der Waals surface area contributed by atoms with Gasteiger partial charge in [0.2, 0.25) is 0 Å². The predicted octanol–water partition coefficient (Wildman–Crippen LogP) is 7.80. The smallest absolute Gasteiger partial charge is 0.0852 e. The minimum absolute atomic E-state index is 0. The molecule has 4 aromatic carbocycles. The van der Waals surface area contributed by atoms with Crippen molar-refractivity contribution < 1.29 is 20.1 Å². The van der Waals surface area contributed by atoms with Crippen LogP contribution < -0.4 is 0 Å². The fourth-order valence-corrected chi connectivity index (χ4v) is 5.57. The van der Waals surface area contributed by atoms with E-state index in [-0.39, 0.29) is 20.1 Å². The van der Waals surface area contributed by atoms with Gasteiger partial charge < -0.3 is 13.7 Å². The van der Waals surface area contributed by atoms with E-state index in [1.807, 2.05) is 79.1 Å². The summed E-state index contributed by atoms with van der Waals surface area (Å²) in [5.41, 5.74) is 11.3. The molecule has 3 heterocycles. The normalized spacial score (nSPS) is 10.7. The number of aryl methyl sites for hydroxylation is 5. The first-order valence-corrected chi connectivity index (χ1v) is 13.9. The van der Waals surface area contributed by atoms with E-state index in [0.29, 0.717) is 0 Å². The Kier molecular flexibility index (Phi) is 8.86. The van der Waals surface area contributed by atoms with Crippen LogP contribution in [0, 0.1) is 39.8 Å². The third kappa shape index (κ3) is 5.74. The van der Waals surface area contributed by atoms with Gasteiger partial charge in [-0.3, -0.25) is 15.0 Å². The third-order valence-electron chi connectivity index (χ3n) is 7.49. The van der Waals surface area contributed by atoms with Gasteiger partial charge in [-0.05, 0) is 55.5 Å². The molecule has 0 aliphatic heterocycles. The van der Waals surface area contributed by atoms with Crippen LogP contribution in [0.1, 0.15) is 22.3 Å². The van der Waals surface area contributed by atoms with Crippen LogP contribution in [0.15, 0.2) is 104 Å².